The number of pyridine rings is 1. The molecule has 0 fully saturated rings. The Hall–Kier alpha value is -2.04. The molecule has 0 amide bonds. The van der Waals surface area contributed by atoms with Gasteiger partial charge in [0, 0.05) is 27.4 Å². The van der Waals surface area contributed by atoms with Crippen molar-refractivity contribution in [3.05, 3.63) is 41.4 Å². The summed E-state index contributed by atoms with van der Waals surface area (Å²) in [6.45, 7) is 17.1. The van der Waals surface area contributed by atoms with Gasteiger partial charge in [0.15, 0.2) is 0 Å². The minimum atomic E-state index is -0.0709. The normalized spacial score (nSPS) is 13.2. The topological polar surface area (TPSA) is 28.6 Å². The molecule has 0 aliphatic heterocycles. The molecule has 32 heavy (non-hydrogen) atoms. The molecule has 4 nitrogen and oxygen atoms in total. The number of hydrogen-bond donors (Lipinski definition) is 0. The number of hydrogen-bond acceptors (Lipinski definition) is 4. The quantitative estimate of drug-likeness (QED) is 0.320. The molecular weight excluding hydrogens is 418 g/mol. The average molecular weight is 456 g/mol. The maximum Gasteiger partial charge on any atom is 0.119 e. The van der Waals surface area contributed by atoms with Crippen LogP contribution in [0.2, 0.25) is 5.02 Å². The highest BCUT2D eigenvalue weighted by Crippen LogP contribution is 2.41. The van der Waals surface area contributed by atoms with Gasteiger partial charge in [-0.15, -0.1) is 0 Å². The largest absolute Gasteiger partial charge is 0.497 e. The number of rotatable bonds is 9. The van der Waals surface area contributed by atoms with Gasteiger partial charge in [-0.25, -0.2) is 4.98 Å². The van der Waals surface area contributed by atoms with Crippen molar-refractivity contribution in [2.75, 3.05) is 31.6 Å². The summed E-state index contributed by atoms with van der Waals surface area (Å²) in [5, 5.41) is 2.95. The lowest BCUT2D eigenvalue weighted by molar-refractivity contribution is 0.290. The summed E-state index contributed by atoms with van der Waals surface area (Å²) >= 11 is 6.35. The Labute approximate surface area is 198 Å². The first-order valence-corrected chi connectivity index (χ1v) is 12.2. The smallest absolute Gasteiger partial charge is 0.119 e. The lowest BCUT2D eigenvalue weighted by Crippen LogP contribution is -2.47. The molecule has 2 aromatic carbocycles. The molecule has 1 atom stereocenters. The molecule has 0 spiro atoms. The van der Waals surface area contributed by atoms with E-state index in [4.69, 9.17) is 21.3 Å². The molecule has 1 heterocycles. The fraction of sp³-hybridized carbons (Fsp3) is 0.519. The molecule has 0 aliphatic carbocycles. The van der Waals surface area contributed by atoms with Crippen molar-refractivity contribution in [2.24, 2.45) is 0 Å². The summed E-state index contributed by atoms with van der Waals surface area (Å²) in [5.74, 6) is 0.844. The molecule has 5 heteroatoms. The van der Waals surface area contributed by atoms with Crippen LogP contribution >= 0.6 is 11.6 Å². The van der Waals surface area contributed by atoms with E-state index in [1.807, 2.05) is 24.3 Å². The summed E-state index contributed by atoms with van der Waals surface area (Å²) in [7, 11) is 1.71. The van der Waals surface area contributed by atoms with Crippen LogP contribution in [0.1, 0.15) is 54.4 Å². The Morgan fingerprint density at radius 2 is 1.72 bits per heavy atom. The number of fused-ring (bicyclic) bond motifs is 2. The number of benzene rings is 2. The standard InChI is InChI=1S/C27H38ClN3O/c1-8-30(9-2)16-10-11-19(3)31(27(4,5)6)26-22-14-12-20(28)17-25(22)29-24-15-13-21(32-7)18-23(24)26/h12-15,17-19H,8-11,16H2,1-7H3. The van der Waals surface area contributed by atoms with Crippen molar-refractivity contribution in [3.8, 4) is 5.75 Å². The van der Waals surface area contributed by atoms with Crippen LogP contribution in [-0.4, -0.2) is 48.2 Å². The van der Waals surface area contributed by atoms with Crippen LogP contribution in [-0.2, 0) is 0 Å². The van der Waals surface area contributed by atoms with Crippen molar-refractivity contribution in [1.29, 1.82) is 0 Å². The van der Waals surface area contributed by atoms with Gasteiger partial charge in [0.2, 0.25) is 0 Å². The minimum Gasteiger partial charge on any atom is -0.497 e. The van der Waals surface area contributed by atoms with Crippen molar-refractivity contribution < 1.29 is 4.74 Å². The Morgan fingerprint density at radius 3 is 2.34 bits per heavy atom. The zero-order valence-electron chi connectivity index (χ0n) is 20.7. The molecule has 0 saturated carbocycles. The van der Waals surface area contributed by atoms with E-state index in [-0.39, 0.29) is 5.54 Å². The van der Waals surface area contributed by atoms with Crippen molar-refractivity contribution in [1.82, 2.24) is 9.88 Å². The summed E-state index contributed by atoms with van der Waals surface area (Å²) < 4.78 is 5.58. The summed E-state index contributed by atoms with van der Waals surface area (Å²) in [6.07, 6.45) is 2.29. The Morgan fingerprint density at radius 1 is 1.00 bits per heavy atom. The van der Waals surface area contributed by atoms with Gasteiger partial charge in [-0.2, -0.15) is 0 Å². The summed E-state index contributed by atoms with van der Waals surface area (Å²) in [5.41, 5.74) is 3.02. The highest BCUT2D eigenvalue weighted by molar-refractivity contribution is 6.31. The van der Waals surface area contributed by atoms with E-state index in [1.165, 1.54) is 12.1 Å². The van der Waals surface area contributed by atoms with Crippen LogP contribution in [0.5, 0.6) is 5.75 Å². The van der Waals surface area contributed by atoms with Crippen LogP contribution < -0.4 is 9.64 Å². The third-order valence-corrected chi connectivity index (χ3v) is 6.54. The minimum absolute atomic E-state index is 0.0709. The summed E-state index contributed by atoms with van der Waals surface area (Å²) in [4.78, 5) is 10.0. The van der Waals surface area contributed by atoms with Gasteiger partial charge < -0.3 is 14.5 Å². The summed E-state index contributed by atoms with van der Waals surface area (Å²) in [6, 6.07) is 12.5. The predicted octanol–water partition coefficient (Wildman–Crippen LogP) is 7.17. The number of nitrogens with zero attached hydrogens (tertiary/aromatic N) is 3. The first-order chi connectivity index (χ1) is 15.2. The van der Waals surface area contributed by atoms with Crippen LogP contribution in [0.3, 0.4) is 0 Å². The maximum absolute atomic E-state index is 6.35. The van der Waals surface area contributed by atoms with E-state index >= 15 is 0 Å². The SMILES string of the molecule is CCN(CC)CCCC(C)N(c1c2ccc(Cl)cc2nc2ccc(OC)cc12)C(C)(C)C. The van der Waals surface area contributed by atoms with Crippen molar-refractivity contribution >= 4 is 39.1 Å². The predicted molar refractivity (Wildman–Crippen MR) is 140 cm³/mol. The number of anilines is 1. The van der Waals surface area contributed by atoms with Crippen LogP contribution in [0, 0.1) is 0 Å². The Kier molecular flexibility index (Phi) is 7.89. The highest BCUT2D eigenvalue weighted by atomic mass is 35.5. The van der Waals surface area contributed by atoms with Gasteiger partial charge in [0.05, 0.1) is 23.8 Å². The van der Waals surface area contributed by atoms with Gasteiger partial charge >= 0.3 is 0 Å². The lowest BCUT2D eigenvalue weighted by atomic mass is 9.96. The monoisotopic (exact) mass is 455 g/mol. The number of methoxy groups -OCH3 is 1. The van der Waals surface area contributed by atoms with E-state index in [9.17, 15) is 0 Å². The van der Waals surface area contributed by atoms with E-state index in [0.717, 1.165) is 53.6 Å². The van der Waals surface area contributed by atoms with E-state index < -0.39 is 0 Å². The van der Waals surface area contributed by atoms with E-state index in [2.05, 4.69) is 63.5 Å². The molecule has 1 unspecified atom stereocenters. The average Bonchev–Trinajstić information content (AvgIpc) is 2.75. The zero-order valence-corrected chi connectivity index (χ0v) is 21.5. The molecule has 0 bridgehead atoms. The molecule has 3 aromatic rings. The number of ether oxygens (including phenoxy) is 1. The van der Waals surface area contributed by atoms with Crippen LogP contribution in [0.25, 0.3) is 21.8 Å². The first kappa shape index (κ1) is 24.6. The number of halogens is 1. The van der Waals surface area contributed by atoms with Crippen molar-refractivity contribution in [2.45, 2.75) is 66.0 Å². The molecule has 0 N–H and O–H groups in total. The van der Waals surface area contributed by atoms with Gasteiger partial charge in [-0.05, 0) is 96.6 Å². The fourth-order valence-electron chi connectivity index (χ4n) is 4.76. The van der Waals surface area contributed by atoms with E-state index in [1.54, 1.807) is 7.11 Å². The molecule has 0 radical (unpaired) electrons. The Bertz CT molecular complexity index is 1060. The van der Waals surface area contributed by atoms with E-state index in [0.29, 0.717) is 11.1 Å². The molecule has 1 aromatic heterocycles. The third kappa shape index (κ3) is 5.29. The van der Waals surface area contributed by atoms with Gasteiger partial charge in [0.25, 0.3) is 0 Å². The van der Waals surface area contributed by atoms with Crippen molar-refractivity contribution in [3.63, 3.8) is 0 Å². The molecular formula is C27H38ClN3O. The van der Waals surface area contributed by atoms with Crippen LogP contribution in [0.15, 0.2) is 36.4 Å². The molecule has 0 aliphatic rings. The lowest BCUT2D eigenvalue weighted by Gasteiger charge is -2.44. The molecule has 174 valence electrons. The fourth-order valence-corrected chi connectivity index (χ4v) is 4.92. The molecule has 0 saturated heterocycles. The molecule has 3 rings (SSSR count). The maximum atomic E-state index is 6.35. The number of aromatic nitrogens is 1. The van der Waals surface area contributed by atoms with Gasteiger partial charge in [-0.3, -0.25) is 0 Å². The Balaban J connectivity index is 2.15. The second-order valence-corrected chi connectivity index (χ2v) is 10.0. The third-order valence-electron chi connectivity index (χ3n) is 6.31. The zero-order chi connectivity index (χ0) is 23.5. The second-order valence-electron chi connectivity index (χ2n) is 9.56. The highest BCUT2D eigenvalue weighted by Gasteiger charge is 2.30. The second kappa shape index (κ2) is 10.3. The van der Waals surface area contributed by atoms with Gasteiger partial charge in [0.1, 0.15) is 5.75 Å². The first-order valence-electron chi connectivity index (χ1n) is 11.8. The van der Waals surface area contributed by atoms with Gasteiger partial charge in [-0.1, -0.05) is 25.4 Å². The van der Waals surface area contributed by atoms with Crippen LogP contribution in [0.4, 0.5) is 5.69 Å².